The molecule has 2 aromatic rings. The summed E-state index contributed by atoms with van der Waals surface area (Å²) in [5.74, 6) is 0.942. The Labute approximate surface area is 86.7 Å². The maximum absolute atomic E-state index is 8.87. The summed E-state index contributed by atoms with van der Waals surface area (Å²) in [5, 5.41) is 8.87. The van der Waals surface area contributed by atoms with Crippen LogP contribution in [-0.4, -0.2) is 21.3 Å². The summed E-state index contributed by atoms with van der Waals surface area (Å²) in [5.41, 5.74) is 0. The Bertz CT molecular complexity index is 419. The van der Waals surface area contributed by atoms with Gasteiger partial charge in [0.2, 0.25) is 0 Å². The monoisotopic (exact) mass is 208 g/mol. The molecular formula is C10H12N2OS. The normalized spacial score (nSPS) is 10.7. The van der Waals surface area contributed by atoms with Gasteiger partial charge in [-0.05, 0) is 19.1 Å². The van der Waals surface area contributed by atoms with Crippen LogP contribution >= 0.6 is 11.3 Å². The zero-order valence-corrected chi connectivity index (χ0v) is 8.79. The molecule has 2 heterocycles. The van der Waals surface area contributed by atoms with Crippen molar-refractivity contribution in [3.05, 3.63) is 29.4 Å². The number of aromatic nitrogens is 2. The second-order valence-electron chi connectivity index (χ2n) is 3.08. The molecule has 0 bridgehead atoms. The van der Waals surface area contributed by atoms with Crippen LogP contribution in [0.15, 0.2) is 24.5 Å². The molecule has 2 rings (SSSR count). The zero-order chi connectivity index (χ0) is 9.97. The maximum atomic E-state index is 8.87. The molecule has 1 N–H and O–H groups in total. The summed E-state index contributed by atoms with van der Waals surface area (Å²) in [4.78, 5) is 6.71. The lowest BCUT2D eigenvalue weighted by Gasteiger charge is -2.02. The number of thiophene rings is 1. The van der Waals surface area contributed by atoms with E-state index in [1.807, 2.05) is 10.8 Å². The highest BCUT2D eigenvalue weighted by atomic mass is 32.1. The van der Waals surface area contributed by atoms with E-state index in [9.17, 15) is 0 Å². The predicted octanol–water partition coefficient (Wildman–Crippen LogP) is 1.91. The zero-order valence-electron chi connectivity index (χ0n) is 7.97. The van der Waals surface area contributed by atoms with E-state index in [1.165, 1.54) is 4.88 Å². The lowest BCUT2D eigenvalue weighted by molar-refractivity contribution is 0.277. The van der Waals surface area contributed by atoms with Crippen LogP contribution in [0.3, 0.4) is 0 Å². The van der Waals surface area contributed by atoms with Gasteiger partial charge in [-0.3, -0.25) is 0 Å². The number of aliphatic hydroxyl groups is 1. The van der Waals surface area contributed by atoms with E-state index in [0.717, 1.165) is 10.7 Å². The number of hydrogen-bond donors (Lipinski definition) is 1. The standard InChI is InChI=1S/C10H12N2OS/c1-8-2-3-9(14-8)10-11-4-5-12(10)6-7-13/h2-5,13H,6-7H2,1H3. The van der Waals surface area contributed by atoms with Gasteiger partial charge in [-0.25, -0.2) is 4.98 Å². The molecule has 0 saturated heterocycles. The molecular weight excluding hydrogens is 196 g/mol. The molecule has 0 aliphatic heterocycles. The van der Waals surface area contributed by atoms with Gasteiger partial charge in [-0.15, -0.1) is 11.3 Å². The van der Waals surface area contributed by atoms with Crippen molar-refractivity contribution in [2.45, 2.75) is 13.5 Å². The average molecular weight is 208 g/mol. The third kappa shape index (κ3) is 1.71. The molecule has 0 unspecified atom stereocenters. The number of hydrogen-bond acceptors (Lipinski definition) is 3. The van der Waals surface area contributed by atoms with Crippen molar-refractivity contribution < 1.29 is 5.11 Å². The Hall–Kier alpha value is -1.13. The molecule has 3 nitrogen and oxygen atoms in total. The van der Waals surface area contributed by atoms with Gasteiger partial charge in [0.1, 0.15) is 5.82 Å². The topological polar surface area (TPSA) is 38.0 Å². The molecule has 0 aliphatic rings. The molecule has 0 saturated carbocycles. The van der Waals surface area contributed by atoms with Crippen molar-refractivity contribution in [1.29, 1.82) is 0 Å². The number of aryl methyl sites for hydroxylation is 1. The number of rotatable bonds is 3. The number of aliphatic hydroxyl groups excluding tert-OH is 1. The molecule has 0 aromatic carbocycles. The fraction of sp³-hybridized carbons (Fsp3) is 0.300. The third-order valence-corrected chi connectivity index (χ3v) is 3.01. The molecule has 0 amide bonds. The van der Waals surface area contributed by atoms with Crippen molar-refractivity contribution in [3.8, 4) is 10.7 Å². The molecule has 14 heavy (non-hydrogen) atoms. The van der Waals surface area contributed by atoms with Crippen molar-refractivity contribution in [1.82, 2.24) is 9.55 Å². The maximum Gasteiger partial charge on any atom is 0.150 e. The summed E-state index contributed by atoms with van der Waals surface area (Å²) in [6.07, 6.45) is 3.65. The summed E-state index contributed by atoms with van der Waals surface area (Å²) in [6.45, 7) is 2.83. The van der Waals surface area contributed by atoms with E-state index in [2.05, 4.69) is 24.0 Å². The van der Waals surface area contributed by atoms with Crippen LogP contribution in [0.5, 0.6) is 0 Å². The van der Waals surface area contributed by atoms with Gasteiger partial charge >= 0.3 is 0 Å². The predicted molar refractivity (Wildman–Crippen MR) is 57.4 cm³/mol. The van der Waals surface area contributed by atoms with Crippen molar-refractivity contribution in [2.24, 2.45) is 0 Å². The van der Waals surface area contributed by atoms with E-state index in [-0.39, 0.29) is 6.61 Å². The van der Waals surface area contributed by atoms with Crippen LogP contribution in [-0.2, 0) is 6.54 Å². The van der Waals surface area contributed by atoms with E-state index in [0.29, 0.717) is 6.54 Å². The van der Waals surface area contributed by atoms with Crippen LogP contribution < -0.4 is 0 Å². The first-order valence-electron chi connectivity index (χ1n) is 4.50. The highest BCUT2D eigenvalue weighted by Gasteiger charge is 2.06. The Morgan fingerprint density at radius 3 is 3.00 bits per heavy atom. The minimum Gasteiger partial charge on any atom is -0.395 e. The lowest BCUT2D eigenvalue weighted by atomic mass is 10.4. The molecule has 0 spiro atoms. The van der Waals surface area contributed by atoms with Gasteiger partial charge in [-0.1, -0.05) is 0 Å². The molecule has 0 atom stereocenters. The quantitative estimate of drug-likeness (QED) is 0.836. The minimum absolute atomic E-state index is 0.147. The van der Waals surface area contributed by atoms with Crippen molar-refractivity contribution >= 4 is 11.3 Å². The van der Waals surface area contributed by atoms with Gasteiger partial charge in [0, 0.05) is 23.8 Å². The summed E-state index contributed by atoms with van der Waals surface area (Å²) in [7, 11) is 0. The van der Waals surface area contributed by atoms with E-state index >= 15 is 0 Å². The van der Waals surface area contributed by atoms with Crippen molar-refractivity contribution in [3.63, 3.8) is 0 Å². The first-order valence-corrected chi connectivity index (χ1v) is 5.31. The average Bonchev–Trinajstić information content (AvgIpc) is 2.74. The second-order valence-corrected chi connectivity index (χ2v) is 4.37. The second kappa shape index (κ2) is 3.94. The number of imidazole rings is 1. The van der Waals surface area contributed by atoms with Gasteiger partial charge in [-0.2, -0.15) is 0 Å². The van der Waals surface area contributed by atoms with Crippen LogP contribution in [0.1, 0.15) is 4.88 Å². The number of nitrogens with zero attached hydrogens (tertiary/aromatic N) is 2. The Balaban J connectivity index is 2.36. The van der Waals surface area contributed by atoms with Gasteiger partial charge in [0.25, 0.3) is 0 Å². The Morgan fingerprint density at radius 1 is 1.50 bits per heavy atom. The minimum atomic E-state index is 0.147. The largest absolute Gasteiger partial charge is 0.395 e. The van der Waals surface area contributed by atoms with E-state index in [4.69, 9.17) is 5.11 Å². The summed E-state index contributed by atoms with van der Waals surface area (Å²) < 4.78 is 1.96. The lowest BCUT2D eigenvalue weighted by Crippen LogP contribution is -2.01. The van der Waals surface area contributed by atoms with Crippen LogP contribution in [0, 0.1) is 6.92 Å². The first kappa shape index (κ1) is 9.43. The van der Waals surface area contributed by atoms with Crippen LogP contribution in [0.25, 0.3) is 10.7 Å². The fourth-order valence-electron chi connectivity index (χ4n) is 1.38. The molecule has 4 heteroatoms. The van der Waals surface area contributed by atoms with Gasteiger partial charge < -0.3 is 9.67 Å². The van der Waals surface area contributed by atoms with Crippen molar-refractivity contribution in [2.75, 3.05) is 6.61 Å². The van der Waals surface area contributed by atoms with Gasteiger partial charge in [0.05, 0.1) is 11.5 Å². The molecule has 0 aliphatic carbocycles. The van der Waals surface area contributed by atoms with Gasteiger partial charge in [0.15, 0.2) is 0 Å². The highest BCUT2D eigenvalue weighted by molar-refractivity contribution is 7.15. The SMILES string of the molecule is Cc1ccc(-c2nccn2CCO)s1. The van der Waals surface area contributed by atoms with Crippen LogP contribution in [0.2, 0.25) is 0 Å². The Morgan fingerprint density at radius 2 is 2.36 bits per heavy atom. The first-order chi connectivity index (χ1) is 6.81. The summed E-state index contributed by atoms with van der Waals surface area (Å²) in [6, 6.07) is 4.15. The molecule has 74 valence electrons. The molecule has 0 radical (unpaired) electrons. The third-order valence-electron chi connectivity index (χ3n) is 2.02. The smallest absolute Gasteiger partial charge is 0.150 e. The molecule has 2 aromatic heterocycles. The summed E-state index contributed by atoms with van der Waals surface area (Å²) >= 11 is 1.72. The van der Waals surface area contributed by atoms with E-state index in [1.54, 1.807) is 17.5 Å². The van der Waals surface area contributed by atoms with Crippen LogP contribution in [0.4, 0.5) is 0 Å². The Kier molecular flexibility index (Phi) is 2.65. The van der Waals surface area contributed by atoms with E-state index < -0.39 is 0 Å². The highest BCUT2D eigenvalue weighted by Crippen LogP contribution is 2.25. The molecule has 0 fully saturated rings. The fourth-order valence-corrected chi connectivity index (χ4v) is 2.26.